The summed E-state index contributed by atoms with van der Waals surface area (Å²) in [6.07, 6.45) is 3.42. The van der Waals surface area contributed by atoms with Gasteiger partial charge in [0.15, 0.2) is 0 Å². The molecular weight excluding hydrogens is 240 g/mol. The molecule has 2 rings (SSSR count). The quantitative estimate of drug-likeness (QED) is 0.755. The van der Waals surface area contributed by atoms with E-state index < -0.39 is 10.0 Å². The normalized spacial score (nSPS) is 11.6. The molecule has 0 aliphatic rings. The van der Waals surface area contributed by atoms with Gasteiger partial charge in [-0.15, -0.1) is 0 Å². The molecule has 6 nitrogen and oxygen atoms in total. The third-order valence-corrected chi connectivity index (χ3v) is 3.39. The van der Waals surface area contributed by atoms with Crippen LogP contribution in [0.3, 0.4) is 0 Å². The Hall–Kier alpha value is -1.86. The largest absolute Gasteiger partial charge is 0.398 e. The summed E-state index contributed by atoms with van der Waals surface area (Å²) in [7, 11) is -3.78. The number of rotatable bonds is 2. The molecule has 17 heavy (non-hydrogen) atoms. The number of hydrogen-bond acceptors (Lipinski definition) is 4. The lowest BCUT2D eigenvalue weighted by Crippen LogP contribution is -2.14. The predicted octanol–water partition coefficient (Wildman–Crippen LogP) is 0.410. The number of anilines is 1. The molecule has 90 valence electrons. The van der Waals surface area contributed by atoms with E-state index in [4.69, 9.17) is 10.9 Å². The lowest BCUT2D eigenvalue weighted by atomic mass is 10.3. The number of primary sulfonamides is 1. The molecule has 0 atom stereocenters. The van der Waals surface area contributed by atoms with Gasteiger partial charge in [0.05, 0.1) is 5.69 Å². The van der Waals surface area contributed by atoms with Crippen LogP contribution in [0.5, 0.6) is 0 Å². The average molecular weight is 252 g/mol. The summed E-state index contributed by atoms with van der Waals surface area (Å²) in [5.74, 6) is 0.785. The molecule has 1 aromatic heterocycles. The number of aromatic nitrogens is 2. The fourth-order valence-corrected chi connectivity index (χ4v) is 2.24. The zero-order valence-electron chi connectivity index (χ0n) is 9.16. The minimum absolute atomic E-state index is 0.0704. The number of nitrogen functional groups attached to an aromatic ring is 1. The number of nitrogens with two attached hydrogens (primary N) is 2. The highest BCUT2D eigenvalue weighted by molar-refractivity contribution is 7.89. The predicted molar refractivity (Wildman–Crippen MR) is 64.1 cm³/mol. The van der Waals surface area contributed by atoms with Crippen molar-refractivity contribution in [2.45, 2.75) is 11.8 Å². The van der Waals surface area contributed by atoms with Crippen LogP contribution >= 0.6 is 0 Å². The lowest BCUT2D eigenvalue weighted by molar-refractivity contribution is 0.598. The summed E-state index contributed by atoms with van der Waals surface area (Å²) in [5, 5.41) is 5.03. The molecule has 0 bridgehead atoms. The van der Waals surface area contributed by atoms with E-state index in [-0.39, 0.29) is 10.6 Å². The monoisotopic (exact) mass is 252 g/mol. The highest BCUT2D eigenvalue weighted by Crippen LogP contribution is 2.21. The van der Waals surface area contributed by atoms with Gasteiger partial charge in [-0.3, -0.25) is 0 Å². The van der Waals surface area contributed by atoms with Crippen molar-refractivity contribution in [1.82, 2.24) is 9.55 Å². The molecule has 2 aromatic rings. The van der Waals surface area contributed by atoms with Crippen molar-refractivity contribution in [1.29, 1.82) is 0 Å². The summed E-state index contributed by atoms with van der Waals surface area (Å²) < 4.78 is 24.2. The van der Waals surface area contributed by atoms with Crippen LogP contribution in [0.1, 0.15) is 5.82 Å². The molecule has 0 aliphatic carbocycles. The van der Waals surface area contributed by atoms with Crippen LogP contribution in [0.25, 0.3) is 5.69 Å². The van der Waals surface area contributed by atoms with Crippen LogP contribution in [-0.4, -0.2) is 18.0 Å². The van der Waals surface area contributed by atoms with Crippen molar-refractivity contribution in [3.05, 3.63) is 36.4 Å². The highest BCUT2D eigenvalue weighted by atomic mass is 32.2. The number of benzene rings is 1. The molecule has 0 unspecified atom stereocenters. The lowest BCUT2D eigenvalue weighted by Gasteiger charge is -2.08. The number of imidazole rings is 1. The van der Waals surface area contributed by atoms with Gasteiger partial charge in [-0.25, -0.2) is 18.5 Å². The van der Waals surface area contributed by atoms with Crippen LogP contribution < -0.4 is 10.9 Å². The van der Waals surface area contributed by atoms with Crippen LogP contribution in [0.4, 0.5) is 5.69 Å². The van der Waals surface area contributed by atoms with E-state index >= 15 is 0 Å². The van der Waals surface area contributed by atoms with Gasteiger partial charge in [0.25, 0.3) is 0 Å². The summed E-state index contributed by atoms with van der Waals surface area (Å²) in [4.78, 5) is 4.00. The molecule has 0 spiro atoms. The van der Waals surface area contributed by atoms with Gasteiger partial charge >= 0.3 is 0 Å². The minimum atomic E-state index is -3.78. The Morgan fingerprint density at radius 3 is 2.53 bits per heavy atom. The Kier molecular flexibility index (Phi) is 2.64. The van der Waals surface area contributed by atoms with Gasteiger partial charge in [-0.2, -0.15) is 0 Å². The molecule has 1 aromatic carbocycles. The second-order valence-corrected chi connectivity index (χ2v) is 5.14. The Morgan fingerprint density at radius 1 is 1.35 bits per heavy atom. The first-order valence-corrected chi connectivity index (χ1v) is 6.37. The molecule has 0 saturated carbocycles. The second kappa shape index (κ2) is 3.86. The Morgan fingerprint density at radius 2 is 2.06 bits per heavy atom. The maximum atomic E-state index is 11.2. The summed E-state index contributed by atoms with van der Waals surface area (Å²) >= 11 is 0. The number of hydrogen-bond donors (Lipinski definition) is 2. The van der Waals surface area contributed by atoms with Gasteiger partial charge in [-0.05, 0) is 25.1 Å². The number of nitrogens with zero attached hydrogens (tertiary/aromatic N) is 2. The molecule has 4 N–H and O–H groups in total. The SMILES string of the molecule is Cc1nccn1-c1ccc(S(N)(=O)=O)c(N)c1. The molecule has 7 heteroatoms. The molecule has 1 heterocycles. The van der Waals surface area contributed by atoms with Gasteiger partial charge in [0, 0.05) is 18.1 Å². The number of sulfonamides is 1. The zero-order chi connectivity index (χ0) is 12.6. The van der Waals surface area contributed by atoms with Crippen molar-refractivity contribution in [2.75, 3.05) is 5.73 Å². The van der Waals surface area contributed by atoms with Gasteiger partial charge in [0.1, 0.15) is 10.7 Å². The van der Waals surface area contributed by atoms with Crippen molar-refractivity contribution in [2.24, 2.45) is 5.14 Å². The zero-order valence-corrected chi connectivity index (χ0v) is 9.98. The first kappa shape index (κ1) is 11.6. The Labute approximate surface area is 98.9 Å². The maximum absolute atomic E-state index is 11.2. The van der Waals surface area contributed by atoms with Gasteiger partial charge in [0.2, 0.25) is 10.0 Å². The summed E-state index contributed by atoms with van der Waals surface area (Å²) in [6, 6.07) is 4.57. The smallest absolute Gasteiger partial charge is 0.240 e. The third-order valence-electron chi connectivity index (χ3n) is 2.40. The van der Waals surface area contributed by atoms with E-state index in [0.717, 1.165) is 11.5 Å². The van der Waals surface area contributed by atoms with Crippen LogP contribution in [-0.2, 0) is 10.0 Å². The first-order valence-electron chi connectivity index (χ1n) is 4.82. The van der Waals surface area contributed by atoms with Crippen molar-refractivity contribution in [3.63, 3.8) is 0 Å². The third kappa shape index (κ3) is 2.15. The highest BCUT2D eigenvalue weighted by Gasteiger charge is 2.13. The second-order valence-electron chi connectivity index (χ2n) is 3.61. The molecule has 0 aliphatic heterocycles. The average Bonchev–Trinajstić information content (AvgIpc) is 2.62. The molecule has 0 saturated heterocycles. The van der Waals surface area contributed by atoms with Crippen LogP contribution in [0, 0.1) is 6.92 Å². The molecule has 0 fully saturated rings. The van der Waals surface area contributed by atoms with Gasteiger partial charge in [-0.1, -0.05) is 0 Å². The van der Waals surface area contributed by atoms with Crippen molar-refractivity contribution >= 4 is 15.7 Å². The molecule has 0 amide bonds. The summed E-state index contributed by atoms with van der Waals surface area (Å²) in [6.45, 7) is 1.84. The maximum Gasteiger partial charge on any atom is 0.240 e. The first-order chi connectivity index (χ1) is 7.89. The van der Waals surface area contributed by atoms with Crippen LogP contribution in [0.2, 0.25) is 0 Å². The van der Waals surface area contributed by atoms with E-state index in [1.54, 1.807) is 29.1 Å². The Bertz CT molecular complexity index is 661. The fourth-order valence-electron chi connectivity index (χ4n) is 1.60. The van der Waals surface area contributed by atoms with E-state index in [2.05, 4.69) is 4.98 Å². The Balaban J connectivity index is 2.56. The minimum Gasteiger partial charge on any atom is -0.398 e. The summed E-state index contributed by atoms with van der Waals surface area (Å²) in [5.41, 5.74) is 6.53. The number of aryl methyl sites for hydroxylation is 1. The van der Waals surface area contributed by atoms with Gasteiger partial charge < -0.3 is 10.3 Å². The molecule has 0 radical (unpaired) electrons. The van der Waals surface area contributed by atoms with E-state index in [1.165, 1.54) is 6.07 Å². The van der Waals surface area contributed by atoms with E-state index in [9.17, 15) is 8.42 Å². The van der Waals surface area contributed by atoms with Crippen molar-refractivity contribution in [3.8, 4) is 5.69 Å². The van der Waals surface area contributed by atoms with Crippen LogP contribution in [0.15, 0.2) is 35.5 Å². The molecular formula is C10H12N4O2S. The standard InChI is InChI=1S/C10H12N4O2S/c1-7-13-4-5-14(7)8-2-3-10(9(11)6-8)17(12,15)16/h2-6H,11H2,1H3,(H2,12,15,16). The van der Waals surface area contributed by atoms with E-state index in [1.807, 2.05) is 6.92 Å². The van der Waals surface area contributed by atoms with Crippen molar-refractivity contribution < 1.29 is 8.42 Å². The topological polar surface area (TPSA) is 104 Å². The van der Waals surface area contributed by atoms with E-state index in [0.29, 0.717) is 0 Å². The fraction of sp³-hybridized carbons (Fsp3) is 0.100.